The van der Waals surface area contributed by atoms with E-state index < -0.39 is 10.0 Å². The van der Waals surface area contributed by atoms with Crippen LogP contribution in [0.3, 0.4) is 0 Å². The summed E-state index contributed by atoms with van der Waals surface area (Å²) < 4.78 is 28.9. The van der Waals surface area contributed by atoms with E-state index >= 15 is 0 Å². The highest BCUT2D eigenvalue weighted by atomic mass is 32.2. The van der Waals surface area contributed by atoms with E-state index in [0.29, 0.717) is 11.3 Å². The Kier molecular flexibility index (Phi) is 4.54. The van der Waals surface area contributed by atoms with Crippen molar-refractivity contribution < 1.29 is 13.2 Å². The lowest BCUT2D eigenvalue weighted by atomic mass is 10.2. The van der Waals surface area contributed by atoms with Gasteiger partial charge in [0.2, 0.25) is 0 Å². The summed E-state index contributed by atoms with van der Waals surface area (Å²) in [6, 6.07) is 21.7. The number of nitrogens with zero attached hydrogens (tertiary/aromatic N) is 2. The van der Waals surface area contributed by atoms with Crippen LogP contribution in [0, 0.1) is 0 Å². The Labute approximate surface area is 161 Å². The molecule has 4 rings (SSSR count). The monoisotopic (exact) mass is 392 g/mol. The zero-order valence-corrected chi connectivity index (χ0v) is 15.4. The topological polar surface area (TPSA) is 93.1 Å². The maximum absolute atomic E-state index is 12.5. The average Bonchev–Trinajstić information content (AvgIpc) is 3.11. The molecule has 0 bridgehead atoms. The van der Waals surface area contributed by atoms with Crippen molar-refractivity contribution in [3.63, 3.8) is 0 Å². The average molecular weight is 392 g/mol. The zero-order valence-electron chi connectivity index (χ0n) is 14.6. The second-order valence-corrected chi connectivity index (χ2v) is 7.72. The van der Waals surface area contributed by atoms with Crippen LogP contribution in [0.4, 0.5) is 5.69 Å². The summed E-state index contributed by atoms with van der Waals surface area (Å²) in [5.41, 5.74) is 5.05. The van der Waals surface area contributed by atoms with Gasteiger partial charge in [-0.1, -0.05) is 30.3 Å². The number of anilines is 1. The number of fused-ring (bicyclic) bond motifs is 1. The minimum Gasteiger partial charge on any atom is -0.280 e. The highest BCUT2D eigenvalue weighted by Gasteiger charge is 2.15. The number of para-hydroxylation sites is 3. The number of hydrogen-bond donors (Lipinski definition) is 2. The van der Waals surface area contributed by atoms with Gasteiger partial charge in [-0.15, -0.1) is 0 Å². The summed E-state index contributed by atoms with van der Waals surface area (Å²) in [6.45, 7) is 0. The van der Waals surface area contributed by atoms with Crippen LogP contribution in [0.15, 0.2) is 90.1 Å². The molecule has 1 amide bonds. The lowest BCUT2D eigenvalue weighted by molar-refractivity contribution is 0.101. The number of benzene rings is 3. The van der Waals surface area contributed by atoms with Gasteiger partial charge in [-0.2, -0.15) is 0 Å². The fraction of sp³-hybridized carbons (Fsp3) is 0. The number of nitrogens with one attached hydrogen (secondary N) is 2. The summed E-state index contributed by atoms with van der Waals surface area (Å²) in [7, 11) is -3.73. The molecule has 0 saturated carbocycles. The van der Waals surface area contributed by atoms with Gasteiger partial charge in [0.05, 0.1) is 15.9 Å². The van der Waals surface area contributed by atoms with E-state index in [1.54, 1.807) is 30.3 Å². The first-order valence-corrected chi connectivity index (χ1v) is 9.93. The Morgan fingerprint density at radius 2 is 1.54 bits per heavy atom. The maximum Gasteiger partial charge on any atom is 0.270 e. The lowest BCUT2D eigenvalue weighted by Gasteiger charge is -2.10. The molecule has 0 spiro atoms. The molecule has 0 aliphatic rings. The summed E-state index contributed by atoms with van der Waals surface area (Å²) in [5.74, 6) is -0.372. The minimum absolute atomic E-state index is 0.0704. The Hall–Kier alpha value is -3.65. The molecule has 1 heterocycles. The second-order valence-electron chi connectivity index (χ2n) is 6.04. The van der Waals surface area contributed by atoms with Crippen molar-refractivity contribution in [2.45, 2.75) is 4.90 Å². The van der Waals surface area contributed by atoms with E-state index in [4.69, 9.17) is 0 Å². The molecule has 0 saturated heterocycles. The molecule has 140 valence electrons. The maximum atomic E-state index is 12.5. The van der Waals surface area contributed by atoms with Gasteiger partial charge in [-0.05, 0) is 48.5 Å². The van der Waals surface area contributed by atoms with Gasteiger partial charge in [-0.25, -0.2) is 18.1 Å². The molecule has 8 heteroatoms. The molecule has 4 aromatic rings. The third-order valence-electron chi connectivity index (χ3n) is 4.13. The Bertz CT molecular complexity index is 1230. The Morgan fingerprint density at radius 3 is 2.29 bits per heavy atom. The minimum atomic E-state index is -3.73. The van der Waals surface area contributed by atoms with Crippen LogP contribution in [0.1, 0.15) is 10.4 Å². The normalized spacial score (nSPS) is 11.3. The number of imidazole rings is 1. The lowest BCUT2D eigenvalue weighted by Crippen LogP contribution is -2.22. The predicted molar refractivity (Wildman–Crippen MR) is 107 cm³/mol. The van der Waals surface area contributed by atoms with Gasteiger partial charge in [0, 0.05) is 11.3 Å². The number of amides is 1. The van der Waals surface area contributed by atoms with E-state index in [9.17, 15) is 13.2 Å². The highest BCUT2D eigenvalue weighted by Crippen LogP contribution is 2.17. The fourth-order valence-corrected chi connectivity index (χ4v) is 3.79. The molecule has 0 fully saturated rings. The van der Waals surface area contributed by atoms with Gasteiger partial charge in [0.1, 0.15) is 6.33 Å². The summed E-state index contributed by atoms with van der Waals surface area (Å²) in [5, 5.41) is 0. The zero-order chi connectivity index (χ0) is 19.6. The first-order chi connectivity index (χ1) is 13.5. The molecule has 28 heavy (non-hydrogen) atoms. The number of sulfonamides is 1. The summed E-state index contributed by atoms with van der Waals surface area (Å²) in [6.07, 6.45) is 1.52. The Balaban J connectivity index is 1.52. The molecular formula is C20H16N4O3S. The molecule has 1 aromatic heterocycles. The van der Waals surface area contributed by atoms with Gasteiger partial charge in [-0.3, -0.25) is 14.9 Å². The van der Waals surface area contributed by atoms with E-state index in [-0.39, 0.29) is 10.8 Å². The first-order valence-electron chi connectivity index (χ1n) is 8.44. The molecule has 7 nitrogen and oxygen atoms in total. The largest absolute Gasteiger partial charge is 0.280 e. The molecule has 3 aromatic carbocycles. The van der Waals surface area contributed by atoms with Crippen LogP contribution in [0.5, 0.6) is 0 Å². The van der Waals surface area contributed by atoms with Gasteiger partial charge in [0.15, 0.2) is 0 Å². The third kappa shape index (κ3) is 3.58. The van der Waals surface area contributed by atoms with E-state index in [2.05, 4.69) is 15.1 Å². The van der Waals surface area contributed by atoms with Crippen LogP contribution < -0.4 is 10.1 Å². The quantitative estimate of drug-likeness (QED) is 0.545. The fourth-order valence-electron chi connectivity index (χ4n) is 2.73. The van der Waals surface area contributed by atoms with E-state index in [0.717, 1.165) is 11.0 Å². The predicted octanol–water partition coefficient (Wildman–Crippen LogP) is 3.22. The third-order valence-corrected chi connectivity index (χ3v) is 5.53. The van der Waals surface area contributed by atoms with Crippen LogP contribution in [-0.2, 0) is 10.0 Å². The Morgan fingerprint density at radius 1 is 0.857 bits per heavy atom. The van der Waals surface area contributed by atoms with Crippen LogP contribution in [0.2, 0.25) is 0 Å². The van der Waals surface area contributed by atoms with Crippen LogP contribution in [0.25, 0.3) is 11.0 Å². The standard InChI is InChI=1S/C20H16N4O3S/c25-20(22-24-14-21-18-8-4-5-9-19(18)24)15-10-12-17(13-11-15)28(26,27)23-16-6-2-1-3-7-16/h1-14,23H,(H,22,25). The van der Waals surface area contributed by atoms with Crippen LogP contribution >= 0.6 is 0 Å². The van der Waals surface area contributed by atoms with Crippen molar-refractivity contribution in [3.8, 4) is 0 Å². The number of hydrogen-bond acceptors (Lipinski definition) is 4. The summed E-state index contributed by atoms with van der Waals surface area (Å²) in [4.78, 5) is 16.8. The molecule has 0 atom stereocenters. The first kappa shape index (κ1) is 17.7. The van der Waals surface area contributed by atoms with Crippen LogP contribution in [-0.4, -0.2) is 24.0 Å². The van der Waals surface area contributed by atoms with Gasteiger partial charge < -0.3 is 0 Å². The van der Waals surface area contributed by atoms with E-state index in [1.807, 2.05) is 24.3 Å². The molecule has 2 N–H and O–H groups in total. The SMILES string of the molecule is O=C(Nn1cnc2ccccc21)c1ccc(S(=O)(=O)Nc2ccccc2)cc1. The second kappa shape index (κ2) is 7.16. The van der Waals surface area contributed by atoms with Gasteiger partial charge in [0.25, 0.3) is 15.9 Å². The molecular weight excluding hydrogens is 376 g/mol. The number of carbonyl (C=O) groups excluding carboxylic acids is 1. The van der Waals surface area contributed by atoms with Crippen molar-refractivity contribution >= 4 is 32.7 Å². The van der Waals surface area contributed by atoms with Gasteiger partial charge >= 0.3 is 0 Å². The summed E-state index contributed by atoms with van der Waals surface area (Å²) >= 11 is 0. The number of rotatable bonds is 5. The van der Waals surface area contributed by atoms with Crippen molar-refractivity contribution in [2.24, 2.45) is 0 Å². The number of aromatic nitrogens is 2. The van der Waals surface area contributed by atoms with Crippen molar-refractivity contribution in [1.29, 1.82) is 0 Å². The molecule has 0 aliphatic heterocycles. The highest BCUT2D eigenvalue weighted by molar-refractivity contribution is 7.92. The van der Waals surface area contributed by atoms with E-state index in [1.165, 1.54) is 35.3 Å². The van der Waals surface area contributed by atoms with Crippen molar-refractivity contribution in [2.75, 3.05) is 10.1 Å². The van der Waals surface area contributed by atoms with Crippen molar-refractivity contribution in [1.82, 2.24) is 9.66 Å². The molecule has 0 radical (unpaired) electrons. The number of carbonyl (C=O) groups is 1. The molecule has 0 aliphatic carbocycles. The smallest absolute Gasteiger partial charge is 0.270 e. The molecule has 0 unspecified atom stereocenters. The van der Waals surface area contributed by atoms with Crippen molar-refractivity contribution in [3.05, 3.63) is 90.8 Å².